The molecule has 1 aromatic heterocycles. The topological polar surface area (TPSA) is 84.4 Å². The number of hydrogen-bond acceptors (Lipinski definition) is 5. The maximum atomic E-state index is 12.0. The van der Waals surface area contributed by atoms with E-state index in [0.717, 1.165) is 6.42 Å². The van der Waals surface area contributed by atoms with Crippen LogP contribution in [0, 0.1) is 0 Å². The number of benzene rings is 1. The highest BCUT2D eigenvalue weighted by molar-refractivity contribution is 5.61. The standard InChI is InChI=1S/C15H18N2O4/c1-4-5-10-14(18)16-13(17-15(10)19)9-6-7-11(20-2)12(8-9)21-3/h6-8H,4-5H2,1-3H3,(H2,16,17,18,19). The third-order valence-electron chi connectivity index (χ3n) is 3.15. The first kappa shape index (κ1) is 14.9. The van der Waals surface area contributed by atoms with Gasteiger partial charge in [-0.25, -0.2) is 0 Å². The number of methoxy groups -OCH3 is 2. The zero-order valence-corrected chi connectivity index (χ0v) is 12.3. The fourth-order valence-corrected chi connectivity index (χ4v) is 2.08. The monoisotopic (exact) mass is 290 g/mol. The molecule has 0 atom stereocenters. The average Bonchev–Trinajstić information content (AvgIpc) is 2.50. The molecule has 0 aliphatic heterocycles. The van der Waals surface area contributed by atoms with Gasteiger partial charge in [0.1, 0.15) is 5.82 Å². The van der Waals surface area contributed by atoms with Crippen molar-refractivity contribution in [3.63, 3.8) is 0 Å². The molecule has 2 rings (SSSR count). The van der Waals surface area contributed by atoms with Crippen molar-refractivity contribution >= 4 is 0 Å². The fourth-order valence-electron chi connectivity index (χ4n) is 2.08. The first-order valence-electron chi connectivity index (χ1n) is 6.65. The lowest BCUT2D eigenvalue weighted by molar-refractivity contribution is 0.355. The normalized spacial score (nSPS) is 10.4. The molecule has 6 heteroatoms. The van der Waals surface area contributed by atoms with Crippen LogP contribution in [0.3, 0.4) is 0 Å². The van der Waals surface area contributed by atoms with E-state index in [-0.39, 0.29) is 11.4 Å². The molecule has 6 nitrogen and oxygen atoms in total. The summed E-state index contributed by atoms with van der Waals surface area (Å²) >= 11 is 0. The molecule has 0 radical (unpaired) electrons. The fraction of sp³-hybridized carbons (Fsp3) is 0.333. The predicted octanol–water partition coefficient (Wildman–Crippen LogP) is 2.11. The van der Waals surface area contributed by atoms with E-state index in [0.29, 0.717) is 34.9 Å². The lowest BCUT2D eigenvalue weighted by Gasteiger charge is -2.10. The average molecular weight is 290 g/mol. The number of aromatic hydroxyl groups is 1. The van der Waals surface area contributed by atoms with Crippen LogP contribution in [0.2, 0.25) is 0 Å². The lowest BCUT2D eigenvalue weighted by atomic mass is 10.1. The maximum absolute atomic E-state index is 12.0. The molecule has 0 fully saturated rings. The van der Waals surface area contributed by atoms with Crippen LogP contribution in [0.1, 0.15) is 18.9 Å². The van der Waals surface area contributed by atoms with Crippen LogP contribution < -0.4 is 15.0 Å². The van der Waals surface area contributed by atoms with Crippen molar-refractivity contribution in [3.8, 4) is 28.8 Å². The minimum Gasteiger partial charge on any atom is -0.493 e. The molecule has 2 aromatic rings. The van der Waals surface area contributed by atoms with Gasteiger partial charge in [0, 0.05) is 5.56 Å². The van der Waals surface area contributed by atoms with Gasteiger partial charge in [-0.05, 0) is 24.6 Å². The summed E-state index contributed by atoms with van der Waals surface area (Å²) in [6.07, 6.45) is 1.24. The first-order chi connectivity index (χ1) is 10.1. The zero-order valence-electron chi connectivity index (χ0n) is 12.3. The van der Waals surface area contributed by atoms with Gasteiger partial charge in [-0.15, -0.1) is 0 Å². The molecular formula is C15H18N2O4. The highest BCUT2D eigenvalue weighted by atomic mass is 16.5. The van der Waals surface area contributed by atoms with Gasteiger partial charge in [0.25, 0.3) is 5.56 Å². The smallest absolute Gasteiger partial charge is 0.258 e. The summed E-state index contributed by atoms with van der Waals surface area (Å²) in [7, 11) is 3.07. The van der Waals surface area contributed by atoms with Crippen molar-refractivity contribution in [1.29, 1.82) is 0 Å². The van der Waals surface area contributed by atoms with Gasteiger partial charge < -0.3 is 19.6 Å². The molecule has 0 aliphatic rings. The summed E-state index contributed by atoms with van der Waals surface area (Å²) in [5.41, 5.74) is 0.610. The molecule has 112 valence electrons. The number of rotatable bonds is 5. The quantitative estimate of drug-likeness (QED) is 0.881. The van der Waals surface area contributed by atoms with E-state index in [1.165, 1.54) is 7.11 Å². The number of hydrogen-bond donors (Lipinski definition) is 2. The van der Waals surface area contributed by atoms with Crippen LogP contribution in [0.25, 0.3) is 11.4 Å². The number of nitrogens with zero attached hydrogens (tertiary/aromatic N) is 1. The Morgan fingerprint density at radius 3 is 2.52 bits per heavy atom. The molecule has 1 heterocycles. The molecule has 0 saturated heterocycles. The number of aromatic amines is 1. The van der Waals surface area contributed by atoms with Crippen LogP contribution in [0.15, 0.2) is 23.0 Å². The molecule has 0 spiro atoms. The van der Waals surface area contributed by atoms with Crippen LogP contribution in [-0.2, 0) is 6.42 Å². The number of H-pyrrole nitrogens is 1. The van der Waals surface area contributed by atoms with Crippen molar-refractivity contribution in [2.24, 2.45) is 0 Å². The van der Waals surface area contributed by atoms with Gasteiger partial charge in [-0.2, -0.15) is 4.98 Å². The molecule has 2 N–H and O–H groups in total. The SMILES string of the molecule is CCCc1c(O)nc(-c2ccc(OC)c(OC)c2)[nH]c1=O. The van der Waals surface area contributed by atoms with E-state index in [4.69, 9.17) is 9.47 Å². The van der Waals surface area contributed by atoms with Crippen LogP contribution >= 0.6 is 0 Å². The van der Waals surface area contributed by atoms with Crippen molar-refractivity contribution in [2.75, 3.05) is 14.2 Å². The van der Waals surface area contributed by atoms with Crippen LogP contribution in [-0.4, -0.2) is 29.3 Å². The molecule has 0 bridgehead atoms. The van der Waals surface area contributed by atoms with Gasteiger partial charge in [0.05, 0.1) is 19.8 Å². The van der Waals surface area contributed by atoms with Crippen molar-refractivity contribution in [2.45, 2.75) is 19.8 Å². The van der Waals surface area contributed by atoms with E-state index < -0.39 is 0 Å². The molecule has 0 aliphatic carbocycles. The summed E-state index contributed by atoms with van der Waals surface area (Å²) in [5, 5.41) is 9.90. The molecule has 1 aromatic carbocycles. The molecule has 21 heavy (non-hydrogen) atoms. The Balaban J connectivity index is 2.50. The minimum absolute atomic E-state index is 0.231. The van der Waals surface area contributed by atoms with E-state index in [9.17, 15) is 9.90 Å². The Bertz CT molecular complexity index is 695. The van der Waals surface area contributed by atoms with Crippen LogP contribution in [0.4, 0.5) is 0 Å². The zero-order chi connectivity index (χ0) is 15.4. The Kier molecular flexibility index (Phi) is 4.47. The second-order valence-electron chi connectivity index (χ2n) is 4.54. The first-order valence-corrected chi connectivity index (χ1v) is 6.65. The largest absolute Gasteiger partial charge is 0.493 e. The van der Waals surface area contributed by atoms with Gasteiger partial charge >= 0.3 is 0 Å². The minimum atomic E-state index is -0.325. The van der Waals surface area contributed by atoms with Gasteiger partial charge in [-0.3, -0.25) is 4.79 Å². The second kappa shape index (κ2) is 6.30. The van der Waals surface area contributed by atoms with Gasteiger partial charge in [-0.1, -0.05) is 13.3 Å². The van der Waals surface area contributed by atoms with Crippen molar-refractivity contribution < 1.29 is 14.6 Å². The number of aromatic nitrogens is 2. The molecule has 0 amide bonds. The molecule has 0 unspecified atom stereocenters. The van der Waals surface area contributed by atoms with Crippen molar-refractivity contribution in [1.82, 2.24) is 9.97 Å². The Labute approximate surface area is 122 Å². The van der Waals surface area contributed by atoms with Crippen LogP contribution in [0.5, 0.6) is 17.4 Å². The maximum Gasteiger partial charge on any atom is 0.258 e. The third-order valence-corrected chi connectivity index (χ3v) is 3.15. The van der Waals surface area contributed by atoms with E-state index in [2.05, 4.69) is 9.97 Å². The number of nitrogens with one attached hydrogen (secondary N) is 1. The van der Waals surface area contributed by atoms with Gasteiger partial charge in [0.15, 0.2) is 11.5 Å². The highest BCUT2D eigenvalue weighted by Gasteiger charge is 2.13. The summed E-state index contributed by atoms with van der Waals surface area (Å²) in [6, 6.07) is 5.14. The summed E-state index contributed by atoms with van der Waals surface area (Å²) in [5.74, 6) is 1.16. The van der Waals surface area contributed by atoms with Gasteiger partial charge in [0.2, 0.25) is 5.88 Å². The summed E-state index contributed by atoms with van der Waals surface area (Å²) in [6.45, 7) is 1.93. The molecular weight excluding hydrogens is 272 g/mol. The third kappa shape index (κ3) is 2.99. The number of ether oxygens (including phenoxy) is 2. The highest BCUT2D eigenvalue weighted by Crippen LogP contribution is 2.31. The van der Waals surface area contributed by atoms with E-state index in [1.807, 2.05) is 6.92 Å². The second-order valence-corrected chi connectivity index (χ2v) is 4.54. The van der Waals surface area contributed by atoms with E-state index >= 15 is 0 Å². The van der Waals surface area contributed by atoms with E-state index in [1.54, 1.807) is 25.3 Å². The molecule has 0 saturated carbocycles. The Hall–Kier alpha value is -2.50. The Morgan fingerprint density at radius 1 is 1.24 bits per heavy atom. The summed E-state index contributed by atoms with van der Waals surface area (Å²) in [4.78, 5) is 18.7. The Morgan fingerprint density at radius 2 is 1.95 bits per heavy atom. The lowest BCUT2D eigenvalue weighted by Crippen LogP contribution is -2.15. The summed E-state index contributed by atoms with van der Waals surface area (Å²) < 4.78 is 10.4. The predicted molar refractivity (Wildman–Crippen MR) is 79.1 cm³/mol. The van der Waals surface area contributed by atoms with Crippen molar-refractivity contribution in [3.05, 3.63) is 34.1 Å².